The number of nitrogen functional groups attached to an aromatic ring is 1. The van der Waals surface area contributed by atoms with Gasteiger partial charge in [0.2, 0.25) is 0 Å². The second kappa shape index (κ2) is 3.44. The molecule has 0 saturated heterocycles. The molecule has 6 heteroatoms. The third kappa shape index (κ3) is 1.38. The maximum absolute atomic E-state index is 11.8. The molecule has 1 aliphatic rings. The van der Waals surface area contributed by atoms with Gasteiger partial charge in [-0.15, -0.1) is 0 Å². The average Bonchev–Trinajstić information content (AvgIpc) is 2.97. The number of esters is 1. The van der Waals surface area contributed by atoms with Gasteiger partial charge >= 0.3 is 5.97 Å². The number of hydrogen-bond acceptors (Lipinski definition) is 5. The van der Waals surface area contributed by atoms with E-state index in [2.05, 4.69) is 16.9 Å². The zero-order valence-corrected chi connectivity index (χ0v) is 10.3. The summed E-state index contributed by atoms with van der Waals surface area (Å²) in [4.78, 5) is 20.0. The molecule has 18 heavy (non-hydrogen) atoms. The Morgan fingerprint density at radius 1 is 1.50 bits per heavy atom. The summed E-state index contributed by atoms with van der Waals surface area (Å²) in [5.74, 6) is -0.104. The van der Waals surface area contributed by atoms with Crippen molar-refractivity contribution in [1.82, 2.24) is 14.5 Å². The fraction of sp³-hybridized carbons (Fsp3) is 0.417. The summed E-state index contributed by atoms with van der Waals surface area (Å²) in [5.41, 5.74) is 7.01. The van der Waals surface area contributed by atoms with Gasteiger partial charge in [0.25, 0.3) is 0 Å². The first kappa shape index (κ1) is 11.0. The first-order chi connectivity index (χ1) is 8.57. The highest BCUT2D eigenvalue weighted by Crippen LogP contribution is 2.45. The maximum Gasteiger partial charge on any atom is 0.340 e. The van der Waals surface area contributed by atoms with Gasteiger partial charge in [0, 0.05) is 11.7 Å². The van der Waals surface area contributed by atoms with Gasteiger partial charge in [0.05, 0.1) is 18.1 Å². The summed E-state index contributed by atoms with van der Waals surface area (Å²) >= 11 is 0. The Kier molecular flexibility index (Phi) is 2.10. The summed E-state index contributed by atoms with van der Waals surface area (Å²) < 4.78 is 6.79. The summed E-state index contributed by atoms with van der Waals surface area (Å²) in [7, 11) is 1.35. The molecule has 2 aromatic rings. The molecule has 0 spiro atoms. The summed E-state index contributed by atoms with van der Waals surface area (Å²) in [5, 5.41) is 0.581. The van der Waals surface area contributed by atoms with Gasteiger partial charge in [-0.1, -0.05) is 0 Å². The van der Waals surface area contributed by atoms with E-state index >= 15 is 0 Å². The molecule has 0 unspecified atom stereocenters. The third-order valence-corrected chi connectivity index (χ3v) is 3.57. The summed E-state index contributed by atoms with van der Waals surface area (Å²) in [6, 6.07) is 0. The molecule has 0 bridgehead atoms. The number of methoxy groups -OCH3 is 1. The van der Waals surface area contributed by atoms with Crippen LogP contribution in [0.25, 0.3) is 11.0 Å². The number of carbonyl (C=O) groups is 1. The van der Waals surface area contributed by atoms with Gasteiger partial charge in [0.15, 0.2) is 0 Å². The Labute approximate surface area is 104 Å². The highest BCUT2D eigenvalue weighted by atomic mass is 16.5. The molecule has 2 aromatic heterocycles. The summed E-state index contributed by atoms with van der Waals surface area (Å²) in [6.45, 7) is 2.13. The van der Waals surface area contributed by atoms with E-state index in [9.17, 15) is 4.79 Å². The van der Waals surface area contributed by atoms with Crippen LogP contribution in [0.15, 0.2) is 12.5 Å². The van der Waals surface area contributed by atoms with Gasteiger partial charge < -0.3 is 15.0 Å². The van der Waals surface area contributed by atoms with Crippen LogP contribution < -0.4 is 5.73 Å². The number of aromatic nitrogens is 3. The van der Waals surface area contributed by atoms with Crippen molar-refractivity contribution in [3.05, 3.63) is 18.1 Å². The SMILES string of the molecule is COC(=O)c1cn(C2(C)CC2)c2ncnc(N)c12. The molecule has 6 nitrogen and oxygen atoms in total. The highest BCUT2D eigenvalue weighted by molar-refractivity contribution is 6.07. The lowest BCUT2D eigenvalue weighted by molar-refractivity contribution is 0.0602. The van der Waals surface area contributed by atoms with E-state index in [1.165, 1.54) is 13.4 Å². The minimum absolute atomic E-state index is 0.0331. The normalized spacial score (nSPS) is 16.8. The van der Waals surface area contributed by atoms with Crippen molar-refractivity contribution in [3.63, 3.8) is 0 Å². The molecule has 3 rings (SSSR count). The Morgan fingerprint density at radius 2 is 2.22 bits per heavy atom. The van der Waals surface area contributed by atoms with Crippen LogP contribution >= 0.6 is 0 Å². The van der Waals surface area contributed by atoms with Crippen LogP contribution in [0.5, 0.6) is 0 Å². The smallest absolute Gasteiger partial charge is 0.340 e. The molecule has 2 N–H and O–H groups in total. The fourth-order valence-electron chi connectivity index (χ4n) is 2.18. The van der Waals surface area contributed by atoms with Crippen molar-refractivity contribution in [1.29, 1.82) is 0 Å². The van der Waals surface area contributed by atoms with E-state index in [1.807, 2.05) is 4.57 Å². The van der Waals surface area contributed by atoms with Crippen LogP contribution in [0.3, 0.4) is 0 Å². The predicted octanol–water partition coefficient (Wildman–Crippen LogP) is 1.31. The fourth-order valence-corrected chi connectivity index (χ4v) is 2.18. The van der Waals surface area contributed by atoms with Gasteiger partial charge in [-0.05, 0) is 19.8 Å². The number of nitrogens with zero attached hydrogens (tertiary/aromatic N) is 3. The molecule has 0 aromatic carbocycles. The number of fused-ring (bicyclic) bond motifs is 1. The lowest BCUT2D eigenvalue weighted by Gasteiger charge is -2.11. The Bertz CT molecular complexity index is 643. The van der Waals surface area contributed by atoms with Crippen molar-refractivity contribution in [2.45, 2.75) is 25.3 Å². The Hall–Kier alpha value is -2.11. The molecule has 94 valence electrons. The van der Waals surface area contributed by atoms with Crippen LogP contribution in [0.4, 0.5) is 5.82 Å². The molecular formula is C12H14N4O2. The number of rotatable bonds is 2. The van der Waals surface area contributed by atoms with Crippen molar-refractivity contribution in [2.24, 2.45) is 0 Å². The van der Waals surface area contributed by atoms with Gasteiger partial charge in [-0.3, -0.25) is 0 Å². The van der Waals surface area contributed by atoms with E-state index in [4.69, 9.17) is 10.5 Å². The number of ether oxygens (including phenoxy) is 1. The topological polar surface area (TPSA) is 83.0 Å². The lowest BCUT2D eigenvalue weighted by atomic mass is 10.2. The molecule has 1 fully saturated rings. The zero-order valence-electron chi connectivity index (χ0n) is 10.3. The van der Waals surface area contributed by atoms with Crippen molar-refractivity contribution < 1.29 is 9.53 Å². The zero-order chi connectivity index (χ0) is 12.9. The van der Waals surface area contributed by atoms with Crippen LogP contribution in [-0.4, -0.2) is 27.6 Å². The van der Waals surface area contributed by atoms with E-state index in [-0.39, 0.29) is 5.54 Å². The molecule has 2 heterocycles. The molecule has 0 amide bonds. The molecular weight excluding hydrogens is 232 g/mol. The monoisotopic (exact) mass is 246 g/mol. The predicted molar refractivity (Wildman–Crippen MR) is 66.2 cm³/mol. The first-order valence-electron chi connectivity index (χ1n) is 5.77. The second-order valence-corrected chi connectivity index (χ2v) is 4.86. The molecule has 0 aliphatic heterocycles. The molecule has 0 radical (unpaired) electrons. The van der Waals surface area contributed by atoms with E-state index in [0.29, 0.717) is 22.4 Å². The van der Waals surface area contributed by atoms with Crippen molar-refractivity contribution >= 4 is 22.8 Å². The number of anilines is 1. The highest BCUT2D eigenvalue weighted by Gasteiger charge is 2.41. The maximum atomic E-state index is 11.8. The molecule has 0 atom stereocenters. The minimum atomic E-state index is -0.412. The average molecular weight is 246 g/mol. The van der Waals surface area contributed by atoms with E-state index in [0.717, 1.165) is 12.8 Å². The number of carbonyl (C=O) groups excluding carboxylic acids is 1. The Morgan fingerprint density at radius 3 is 2.83 bits per heavy atom. The third-order valence-electron chi connectivity index (χ3n) is 3.57. The van der Waals surface area contributed by atoms with Crippen LogP contribution in [0, 0.1) is 0 Å². The second-order valence-electron chi connectivity index (χ2n) is 4.86. The largest absolute Gasteiger partial charge is 0.465 e. The summed E-state index contributed by atoms with van der Waals surface area (Å²) in [6.07, 6.45) is 5.33. The van der Waals surface area contributed by atoms with Crippen LogP contribution in [0.2, 0.25) is 0 Å². The number of hydrogen-bond donors (Lipinski definition) is 1. The van der Waals surface area contributed by atoms with E-state index < -0.39 is 5.97 Å². The van der Waals surface area contributed by atoms with Crippen LogP contribution in [-0.2, 0) is 10.3 Å². The Balaban J connectivity index is 2.33. The van der Waals surface area contributed by atoms with E-state index in [1.54, 1.807) is 6.20 Å². The van der Waals surface area contributed by atoms with Crippen molar-refractivity contribution in [2.75, 3.05) is 12.8 Å². The molecule has 1 aliphatic carbocycles. The first-order valence-corrected chi connectivity index (χ1v) is 5.77. The molecule has 1 saturated carbocycles. The number of nitrogens with two attached hydrogens (primary N) is 1. The standard InChI is InChI=1S/C12H14N4O2/c1-12(3-4-12)16-5-7(11(17)18-2)8-9(13)14-6-15-10(8)16/h5-6H,3-4H2,1-2H3,(H2,13,14,15). The quantitative estimate of drug-likeness (QED) is 0.808. The van der Waals surface area contributed by atoms with Gasteiger partial charge in [-0.2, -0.15) is 0 Å². The van der Waals surface area contributed by atoms with Gasteiger partial charge in [0.1, 0.15) is 17.8 Å². The van der Waals surface area contributed by atoms with Crippen LogP contribution in [0.1, 0.15) is 30.1 Å². The van der Waals surface area contributed by atoms with Crippen molar-refractivity contribution in [3.8, 4) is 0 Å². The minimum Gasteiger partial charge on any atom is -0.465 e. The lowest BCUT2D eigenvalue weighted by Crippen LogP contribution is -2.11. The van der Waals surface area contributed by atoms with Gasteiger partial charge in [-0.25, -0.2) is 14.8 Å².